The zero-order valence-corrected chi connectivity index (χ0v) is 17.7. The Balaban J connectivity index is 0.000000396. The maximum atomic E-state index is 11.5. The lowest BCUT2D eigenvalue weighted by molar-refractivity contribution is -0.192. The van der Waals surface area contributed by atoms with Gasteiger partial charge < -0.3 is 19.5 Å². The molecule has 0 bridgehead atoms. The highest BCUT2D eigenvalue weighted by molar-refractivity contribution is 7.07. The fourth-order valence-electron chi connectivity index (χ4n) is 3.43. The summed E-state index contributed by atoms with van der Waals surface area (Å²) < 4.78 is 43.5. The first kappa shape index (κ1) is 24.6. The fraction of sp³-hybridized carbons (Fsp3) is 0.684. The molecule has 0 spiro atoms. The van der Waals surface area contributed by atoms with Crippen LogP contribution in [-0.2, 0) is 25.6 Å². The first-order chi connectivity index (χ1) is 14.1. The van der Waals surface area contributed by atoms with Crippen molar-refractivity contribution in [2.75, 3.05) is 33.9 Å². The lowest BCUT2D eigenvalue weighted by Gasteiger charge is -2.36. The Morgan fingerprint density at radius 2 is 2.03 bits per heavy atom. The van der Waals surface area contributed by atoms with E-state index in [4.69, 9.17) is 19.4 Å². The number of rotatable bonds is 6. The summed E-state index contributed by atoms with van der Waals surface area (Å²) in [5.74, 6) is -2.76. The largest absolute Gasteiger partial charge is 0.490 e. The topological polar surface area (TPSA) is 79.3 Å². The summed E-state index contributed by atoms with van der Waals surface area (Å²) in [5, 5.41) is 11.5. The number of ether oxygens (including phenoxy) is 2. The molecule has 3 atom stereocenters. The van der Waals surface area contributed by atoms with Crippen molar-refractivity contribution in [2.45, 2.75) is 50.2 Å². The van der Waals surface area contributed by atoms with Crippen LogP contribution in [0.25, 0.3) is 0 Å². The van der Waals surface area contributed by atoms with Crippen LogP contribution in [-0.4, -0.2) is 85.1 Å². The number of halogens is 3. The summed E-state index contributed by atoms with van der Waals surface area (Å²) in [7, 11) is 3.49. The monoisotopic (exact) mass is 452 g/mol. The van der Waals surface area contributed by atoms with Crippen molar-refractivity contribution in [3.8, 4) is 0 Å². The number of thiophene rings is 1. The SMILES string of the molecule is CN(C)C(=O)COC[C@H]1CC[C@H]2[C@H](CCN2Cc2ccsc2)O1.O=C(O)C(F)(F)F. The number of amides is 1. The van der Waals surface area contributed by atoms with E-state index in [-0.39, 0.29) is 18.6 Å². The Bertz CT molecular complexity index is 684. The molecule has 3 rings (SSSR count). The van der Waals surface area contributed by atoms with Crippen LogP contribution in [0.4, 0.5) is 13.2 Å². The van der Waals surface area contributed by atoms with Gasteiger partial charge in [0.2, 0.25) is 5.91 Å². The fourth-order valence-corrected chi connectivity index (χ4v) is 4.09. The molecule has 1 N–H and O–H groups in total. The third-order valence-electron chi connectivity index (χ3n) is 4.99. The van der Waals surface area contributed by atoms with Crippen molar-refractivity contribution < 1.29 is 37.3 Å². The highest BCUT2D eigenvalue weighted by Crippen LogP contribution is 2.32. The van der Waals surface area contributed by atoms with Gasteiger partial charge in [0.25, 0.3) is 0 Å². The number of fused-ring (bicyclic) bond motifs is 1. The standard InChI is InChI=1S/C17H26N2O3S.C2HF3O2/c1-18(2)17(20)11-21-10-14-3-4-15-16(22-14)5-7-19(15)9-13-6-8-23-12-13;3-2(4,5)1(6)7/h6,8,12,14-16H,3-5,7,9-11H2,1-2H3;(H,6,7)/t14-,15+,16+;/m1./s1. The van der Waals surface area contributed by atoms with Gasteiger partial charge >= 0.3 is 12.1 Å². The molecule has 11 heteroatoms. The Hall–Kier alpha value is -1.69. The van der Waals surface area contributed by atoms with E-state index in [1.54, 1.807) is 30.3 Å². The quantitative estimate of drug-likeness (QED) is 0.715. The second-order valence-corrected chi connectivity index (χ2v) is 8.22. The van der Waals surface area contributed by atoms with E-state index in [0.717, 1.165) is 32.4 Å². The molecule has 2 saturated heterocycles. The number of carbonyl (C=O) groups excluding carboxylic acids is 1. The Kier molecular flexibility index (Phi) is 9.08. The van der Waals surface area contributed by atoms with E-state index in [9.17, 15) is 18.0 Å². The zero-order valence-electron chi connectivity index (χ0n) is 16.9. The van der Waals surface area contributed by atoms with E-state index < -0.39 is 12.1 Å². The number of hydrogen-bond donors (Lipinski definition) is 1. The van der Waals surface area contributed by atoms with Crippen LogP contribution in [0.5, 0.6) is 0 Å². The molecular formula is C19H27F3N2O5S. The van der Waals surface area contributed by atoms with Gasteiger partial charge in [-0.3, -0.25) is 9.69 Å². The maximum Gasteiger partial charge on any atom is 0.490 e. The maximum absolute atomic E-state index is 11.5. The van der Waals surface area contributed by atoms with E-state index in [2.05, 4.69) is 21.7 Å². The number of carbonyl (C=O) groups is 2. The van der Waals surface area contributed by atoms with Gasteiger partial charge in [-0.2, -0.15) is 24.5 Å². The van der Waals surface area contributed by atoms with Gasteiger partial charge in [0.1, 0.15) is 6.61 Å². The molecule has 1 amide bonds. The van der Waals surface area contributed by atoms with Crippen LogP contribution >= 0.6 is 11.3 Å². The van der Waals surface area contributed by atoms with Crippen molar-refractivity contribution in [1.82, 2.24) is 9.80 Å². The number of likely N-dealkylation sites (N-methyl/N-ethyl adjacent to an activating group) is 1. The van der Waals surface area contributed by atoms with Gasteiger partial charge in [-0.1, -0.05) is 0 Å². The molecule has 7 nitrogen and oxygen atoms in total. The number of carboxylic acid groups (broad SMARTS) is 1. The Labute approximate surface area is 177 Å². The minimum absolute atomic E-state index is 0.00138. The second-order valence-electron chi connectivity index (χ2n) is 7.44. The van der Waals surface area contributed by atoms with Gasteiger partial charge in [0, 0.05) is 33.2 Å². The Morgan fingerprint density at radius 1 is 1.33 bits per heavy atom. The number of carboxylic acids is 1. The predicted molar refractivity (Wildman–Crippen MR) is 104 cm³/mol. The first-order valence-electron chi connectivity index (χ1n) is 9.56. The van der Waals surface area contributed by atoms with Crippen LogP contribution in [0, 0.1) is 0 Å². The normalized spacial score (nSPS) is 24.0. The average Bonchev–Trinajstić information content (AvgIpc) is 3.31. The van der Waals surface area contributed by atoms with Crippen LogP contribution in [0.1, 0.15) is 24.8 Å². The molecule has 30 heavy (non-hydrogen) atoms. The van der Waals surface area contributed by atoms with Crippen molar-refractivity contribution >= 4 is 23.2 Å². The molecule has 2 fully saturated rings. The van der Waals surface area contributed by atoms with Crippen LogP contribution in [0.3, 0.4) is 0 Å². The summed E-state index contributed by atoms with van der Waals surface area (Å²) in [6.07, 6.45) is -1.36. The van der Waals surface area contributed by atoms with Gasteiger partial charge in [-0.15, -0.1) is 0 Å². The third-order valence-corrected chi connectivity index (χ3v) is 5.72. The summed E-state index contributed by atoms with van der Waals surface area (Å²) in [6, 6.07) is 2.75. The summed E-state index contributed by atoms with van der Waals surface area (Å²) >= 11 is 1.76. The highest BCUT2D eigenvalue weighted by atomic mass is 32.1. The number of nitrogens with zero attached hydrogens (tertiary/aromatic N) is 2. The first-order valence-corrected chi connectivity index (χ1v) is 10.5. The molecule has 0 unspecified atom stereocenters. The molecule has 170 valence electrons. The van der Waals surface area contributed by atoms with E-state index in [0.29, 0.717) is 18.8 Å². The van der Waals surface area contributed by atoms with Crippen molar-refractivity contribution in [1.29, 1.82) is 0 Å². The van der Waals surface area contributed by atoms with Crippen molar-refractivity contribution in [3.63, 3.8) is 0 Å². The number of aliphatic carboxylic acids is 1. The van der Waals surface area contributed by atoms with E-state index >= 15 is 0 Å². The Morgan fingerprint density at radius 3 is 2.60 bits per heavy atom. The van der Waals surface area contributed by atoms with Gasteiger partial charge in [-0.05, 0) is 41.7 Å². The molecule has 0 aliphatic carbocycles. The minimum atomic E-state index is -5.08. The third kappa shape index (κ3) is 7.53. The number of hydrogen-bond acceptors (Lipinski definition) is 6. The molecular weight excluding hydrogens is 425 g/mol. The van der Waals surface area contributed by atoms with Crippen molar-refractivity contribution in [3.05, 3.63) is 22.4 Å². The second kappa shape index (κ2) is 11.1. The smallest absolute Gasteiger partial charge is 0.475 e. The van der Waals surface area contributed by atoms with Crippen LogP contribution in [0.2, 0.25) is 0 Å². The molecule has 0 saturated carbocycles. The predicted octanol–water partition coefficient (Wildman–Crippen LogP) is 2.61. The average molecular weight is 452 g/mol. The summed E-state index contributed by atoms with van der Waals surface area (Å²) in [5.41, 5.74) is 1.41. The lowest BCUT2D eigenvalue weighted by Crippen LogP contribution is -2.43. The zero-order chi connectivity index (χ0) is 22.3. The van der Waals surface area contributed by atoms with Gasteiger partial charge in [-0.25, -0.2) is 4.79 Å². The van der Waals surface area contributed by atoms with E-state index in [1.165, 1.54) is 5.56 Å². The highest BCUT2D eigenvalue weighted by Gasteiger charge is 2.40. The minimum Gasteiger partial charge on any atom is -0.475 e. The molecule has 2 aliphatic rings. The lowest BCUT2D eigenvalue weighted by atomic mass is 9.99. The summed E-state index contributed by atoms with van der Waals surface area (Å²) in [4.78, 5) is 24.5. The van der Waals surface area contributed by atoms with Crippen molar-refractivity contribution in [2.24, 2.45) is 0 Å². The van der Waals surface area contributed by atoms with Gasteiger partial charge in [0.15, 0.2) is 0 Å². The van der Waals surface area contributed by atoms with Crippen LogP contribution < -0.4 is 0 Å². The van der Waals surface area contributed by atoms with Crippen LogP contribution in [0.15, 0.2) is 16.8 Å². The molecule has 2 aliphatic heterocycles. The molecule has 1 aromatic heterocycles. The van der Waals surface area contributed by atoms with Gasteiger partial charge in [0.05, 0.1) is 18.8 Å². The number of likely N-dealkylation sites (tertiary alicyclic amines) is 1. The molecule has 0 radical (unpaired) electrons. The summed E-state index contributed by atoms with van der Waals surface area (Å²) in [6.45, 7) is 2.81. The molecule has 1 aromatic rings. The molecule has 3 heterocycles. The molecule has 0 aromatic carbocycles. The van der Waals surface area contributed by atoms with E-state index in [1.807, 2.05) is 0 Å². The number of alkyl halides is 3.